The Labute approximate surface area is 110 Å². The van der Waals surface area contributed by atoms with Crippen LogP contribution in [0.25, 0.3) is 0 Å². The van der Waals surface area contributed by atoms with Gasteiger partial charge in [0.2, 0.25) is 5.91 Å². The summed E-state index contributed by atoms with van der Waals surface area (Å²) in [6.07, 6.45) is 6.88. The van der Waals surface area contributed by atoms with Crippen molar-refractivity contribution < 1.29 is 4.79 Å². The first-order valence-corrected chi connectivity index (χ1v) is 7.49. The molecule has 4 nitrogen and oxygen atoms in total. The highest BCUT2D eigenvalue weighted by atomic mass is 16.2. The van der Waals surface area contributed by atoms with E-state index in [-0.39, 0.29) is 11.9 Å². The minimum Gasteiger partial charge on any atom is -0.355 e. The van der Waals surface area contributed by atoms with E-state index in [0.29, 0.717) is 12.6 Å². The van der Waals surface area contributed by atoms with E-state index in [9.17, 15) is 4.79 Å². The molecule has 4 heteroatoms. The van der Waals surface area contributed by atoms with Crippen molar-refractivity contribution in [2.24, 2.45) is 11.7 Å². The molecule has 0 aromatic carbocycles. The maximum Gasteiger partial charge on any atom is 0.237 e. The third-order valence-corrected chi connectivity index (χ3v) is 4.63. The first-order valence-electron chi connectivity index (χ1n) is 7.49. The fourth-order valence-corrected chi connectivity index (χ4v) is 3.40. The minimum atomic E-state index is 0.0684. The number of carbonyl (C=O) groups is 1. The largest absolute Gasteiger partial charge is 0.355 e. The van der Waals surface area contributed by atoms with E-state index in [1.54, 1.807) is 0 Å². The number of hydrogen-bond donors (Lipinski definition) is 2. The molecule has 18 heavy (non-hydrogen) atoms. The maximum atomic E-state index is 12.1. The Morgan fingerprint density at radius 3 is 2.94 bits per heavy atom. The monoisotopic (exact) mass is 253 g/mol. The van der Waals surface area contributed by atoms with Gasteiger partial charge in [0.25, 0.3) is 0 Å². The maximum absolute atomic E-state index is 12.1. The highest BCUT2D eigenvalue weighted by Gasteiger charge is 2.35. The molecule has 3 N–H and O–H groups in total. The molecule has 0 bridgehead atoms. The summed E-state index contributed by atoms with van der Waals surface area (Å²) < 4.78 is 0. The second kappa shape index (κ2) is 6.53. The molecule has 2 fully saturated rings. The van der Waals surface area contributed by atoms with Crippen molar-refractivity contribution in [3.63, 3.8) is 0 Å². The number of nitrogens with two attached hydrogens (primary N) is 1. The first-order chi connectivity index (χ1) is 8.76. The van der Waals surface area contributed by atoms with Crippen LogP contribution in [0.1, 0.15) is 45.4 Å². The molecule has 0 aromatic heterocycles. The third kappa shape index (κ3) is 3.04. The average molecular weight is 253 g/mol. The van der Waals surface area contributed by atoms with Gasteiger partial charge < -0.3 is 11.1 Å². The van der Waals surface area contributed by atoms with Gasteiger partial charge in [0, 0.05) is 19.1 Å². The molecule has 3 unspecified atom stereocenters. The van der Waals surface area contributed by atoms with Crippen molar-refractivity contribution in [2.75, 3.05) is 19.6 Å². The lowest BCUT2D eigenvalue weighted by molar-refractivity contribution is -0.128. The average Bonchev–Trinajstić information content (AvgIpc) is 2.62. The zero-order chi connectivity index (χ0) is 13.0. The molecular weight excluding hydrogens is 226 g/mol. The van der Waals surface area contributed by atoms with Crippen LogP contribution >= 0.6 is 0 Å². The quantitative estimate of drug-likeness (QED) is 0.792. The van der Waals surface area contributed by atoms with E-state index in [2.05, 4.69) is 17.1 Å². The topological polar surface area (TPSA) is 58.4 Å². The molecule has 0 aliphatic carbocycles. The number of likely N-dealkylation sites (tertiary alicyclic amines) is 1. The number of carbonyl (C=O) groups excluding carboxylic acids is 1. The van der Waals surface area contributed by atoms with Gasteiger partial charge in [-0.1, -0.05) is 13.3 Å². The van der Waals surface area contributed by atoms with E-state index >= 15 is 0 Å². The van der Waals surface area contributed by atoms with Crippen LogP contribution in [0.5, 0.6) is 0 Å². The zero-order valence-electron chi connectivity index (χ0n) is 11.5. The van der Waals surface area contributed by atoms with Crippen LogP contribution in [0.15, 0.2) is 0 Å². The molecular formula is C14H27N3O. The number of nitrogens with one attached hydrogen (secondary N) is 1. The van der Waals surface area contributed by atoms with Crippen molar-refractivity contribution in [1.82, 2.24) is 10.2 Å². The minimum absolute atomic E-state index is 0.0684. The standard InChI is InChI=1S/C14H27N3O/c1-2-11-6-8-17(12(9-11)10-15)13-5-3-4-7-16-14(13)18/h11-13H,2-10,15H2,1H3,(H,16,18). The van der Waals surface area contributed by atoms with Gasteiger partial charge in [0.1, 0.15) is 0 Å². The van der Waals surface area contributed by atoms with Crippen LogP contribution in [-0.4, -0.2) is 42.5 Å². The van der Waals surface area contributed by atoms with Gasteiger partial charge >= 0.3 is 0 Å². The van der Waals surface area contributed by atoms with Crippen molar-refractivity contribution in [3.05, 3.63) is 0 Å². The third-order valence-electron chi connectivity index (χ3n) is 4.63. The number of nitrogens with zero attached hydrogens (tertiary/aromatic N) is 1. The summed E-state index contributed by atoms with van der Waals surface area (Å²) in [6, 6.07) is 0.469. The molecule has 2 rings (SSSR count). The van der Waals surface area contributed by atoms with Gasteiger partial charge in [0.05, 0.1) is 6.04 Å². The fourth-order valence-electron chi connectivity index (χ4n) is 3.40. The zero-order valence-corrected chi connectivity index (χ0v) is 11.5. The van der Waals surface area contributed by atoms with Crippen LogP contribution in [0, 0.1) is 5.92 Å². The lowest BCUT2D eigenvalue weighted by atomic mass is 9.87. The number of piperidine rings is 1. The summed E-state index contributed by atoms with van der Waals surface area (Å²) >= 11 is 0. The normalized spacial score (nSPS) is 35.0. The highest BCUT2D eigenvalue weighted by molar-refractivity contribution is 5.82. The Kier molecular flexibility index (Phi) is 5.01. The second-order valence-corrected chi connectivity index (χ2v) is 5.73. The van der Waals surface area contributed by atoms with E-state index in [1.165, 1.54) is 12.8 Å². The molecule has 1 amide bonds. The van der Waals surface area contributed by atoms with Gasteiger partial charge in [-0.3, -0.25) is 9.69 Å². The Bertz CT molecular complexity index is 282. The van der Waals surface area contributed by atoms with Gasteiger partial charge in [-0.15, -0.1) is 0 Å². The lowest BCUT2D eigenvalue weighted by Crippen LogP contribution is -2.55. The summed E-state index contributed by atoms with van der Waals surface area (Å²) in [6.45, 7) is 4.82. The first kappa shape index (κ1) is 13.8. The van der Waals surface area contributed by atoms with Crippen LogP contribution < -0.4 is 11.1 Å². The van der Waals surface area contributed by atoms with Crippen molar-refractivity contribution >= 4 is 5.91 Å². The molecule has 0 aromatic rings. The van der Waals surface area contributed by atoms with Gasteiger partial charge in [0.15, 0.2) is 0 Å². The molecule has 2 saturated heterocycles. The van der Waals surface area contributed by atoms with Gasteiger partial charge in [-0.25, -0.2) is 0 Å². The second-order valence-electron chi connectivity index (χ2n) is 5.73. The molecule has 2 aliphatic heterocycles. The Balaban J connectivity index is 2.03. The summed E-state index contributed by atoms with van der Waals surface area (Å²) in [4.78, 5) is 14.5. The highest BCUT2D eigenvalue weighted by Crippen LogP contribution is 2.28. The molecule has 0 saturated carbocycles. The summed E-state index contributed by atoms with van der Waals surface area (Å²) in [5, 5.41) is 3.04. The lowest BCUT2D eigenvalue weighted by Gasteiger charge is -2.42. The molecule has 104 valence electrons. The Hall–Kier alpha value is -0.610. The molecule has 3 atom stereocenters. The predicted molar refractivity (Wildman–Crippen MR) is 73.2 cm³/mol. The van der Waals surface area contributed by atoms with E-state index in [4.69, 9.17) is 5.73 Å². The molecule has 0 radical (unpaired) electrons. The number of hydrogen-bond acceptors (Lipinski definition) is 3. The van der Waals surface area contributed by atoms with Crippen molar-refractivity contribution in [1.29, 1.82) is 0 Å². The van der Waals surface area contributed by atoms with E-state index in [0.717, 1.165) is 44.7 Å². The smallest absolute Gasteiger partial charge is 0.237 e. The summed E-state index contributed by atoms with van der Waals surface area (Å²) in [5.41, 5.74) is 5.93. The number of amides is 1. The summed E-state index contributed by atoms with van der Waals surface area (Å²) in [7, 11) is 0. The SMILES string of the molecule is CCC1CCN(C2CCCCNC2=O)C(CN)C1. The van der Waals surface area contributed by atoms with Crippen LogP contribution in [0.2, 0.25) is 0 Å². The van der Waals surface area contributed by atoms with Crippen molar-refractivity contribution in [3.8, 4) is 0 Å². The van der Waals surface area contributed by atoms with Crippen LogP contribution in [-0.2, 0) is 4.79 Å². The molecule has 2 heterocycles. The van der Waals surface area contributed by atoms with E-state index in [1.807, 2.05) is 0 Å². The predicted octanol–water partition coefficient (Wildman–Crippen LogP) is 1.10. The van der Waals surface area contributed by atoms with Crippen molar-refractivity contribution in [2.45, 2.75) is 57.5 Å². The van der Waals surface area contributed by atoms with E-state index < -0.39 is 0 Å². The fraction of sp³-hybridized carbons (Fsp3) is 0.929. The van der Waals surface area contributed by atoms with Crippen LogP contribution in [0.4, 0.5) is 0 Å². The van der Waals surface area contributed by atoms with Gasteiger partial charge in [-0.2, -0.15) is 0 Å². The molecule has 2 aliphatic rings. The number of rotatable bonds is 3. The Morgan fingerprint density at radius 1 is 1.39 bits per heavy atom. The Morgan fingerprint density at radius 2 is 2.22 bits per heavy atom. The van der Waals surface area contributed by atoms with Gasteiger partial charge in [-0.05, 0) is 44.6 Å². The molecule has 0 spiro atoms. The summed E-state index contributed by atoms with van der Waals surface area (Å²) in [5.74, 6) is 1.02. The van der Waals surface area contributed by atoms with Crippen LogP contribution in [0.3, 0.4) is 0 Å².